The molecular weight excluding hydrogens is 584 g/mol. The van der Waals surface area contributed by atoms with E-state index in [4.69, 9.17) is 0 Å². The second-order valence-corrected chi connectivity index (χ2v) is 12.0. The van der Waals surface area contributed by atoms with E-state index in [1.54, 1.807) is 24.3 Å². The fourth-order valence-electron chi connectivity index (χ4n) is 6.40. The van der Waals surface area contributed by atoms with Gasteiger partial charge in [-0.3, -0.25) is 24.6 Å². The quantitative estimate of drug-likeness (QED) is 0.105. The molecular formula is C35H36N6O5. The van der Waals surface area contributed by atoms with Crippen LogP contribution >= 0.6 is 0 Å². The van der Waals surface area contributed by atoms with Crippen LogP contribution in [0, 0.1) is 28.9 Å². The average Bonchev–Trinajstić information content (AvgIpc) is 3.32. The number of nitrogens with one attached hydrogen (secondary N) is 2. The number of carbonyl (C=O) groups is 2. The van der Waals surface area contributed by atoms with E-state index in [0.717, 1.165) is 53.5 Å². The van der Waals surface area contributed by atoms with Gasteiger partial charge in [0.15, 0.2) is 0 Å². The number of anilines is 2. The number of rotatable bonds is 11. The number of aliphatic hydroxyl groups is 1. The Bertz CT molecular complexity index is 1750. The molecule has 0 atom stereocenters. The van der Waals surface area contributed by atoms with Crippen LogP contribution in [0.1, 0.15) is 63.1 Å². The second kappa shape index (κ2) is 13.5. The van der Waals surface area contributed by atoms with Crippen LogP contribution in [0.5, 0.6) is 0 Å². The number of imide groups is 1. The molecule has 11 heteroatoms. The minimum atomic E-state index is -0.484. The molecule has 0 saturated heterocycles. The number of benzene rings is 3. The lowest BCUT2D eigenvalue weighted by Crippen LogP contribution is -2.29. The minimum Gasteiger partial charge on any atom is -0.396 e. The van der Waals surface area contributed by atoms with Crippen LogP contribution in [0.15, 0.2) is 72.9 Å². The predicted octanol–water partition coefficient (Wildman–Crippen LogP) is 5.98. The predicted molar refractivity (Wildman–Crippen MR) is 174 cm³/mol. The third kappa shape index (κ3) is 6.32. The number of aromatic nitrogens is 2. The van der Waals surface area contributed by atoms with E-state index in [0.29, 0.717) is 36.1 Å². The van der Waals surface area contributed by atoms with Crippen molar-refractivity contribution in [3.63, 3.8) is 0 Å². The first kappa shape index (κ1) is 30.8. The Hall–Kier alpha value is -5.16. The van der Waals surface area contributed by atoms with E-state index >= 15 is 0 Å². The summed E-state index contributed by atoms with van der Waals surface area (Å²) in [6, 6.07) is 20.6. The zero-order valence-electron chi connectivity index (χ0n) is 25.6. The van der Waals surface area contributed by atoms with Crippen LogP contribution in [0.25, 0.3) is 11.1 Å². The van der Waals surface area contributed by atoms with E-state index in [1.165, 1.54) is 11.1 Å². The maximum Gasteiger partial charge on any atom is 0.329 e. The van der Waals surface area contributed by atoms with Crippen LogP contribution in [0.4, 0.5) is 17.5 Å². The molecule has 0 unspecified atom stereocenters. The van der Waals surface area contributed by atoms with Crippen molar-refractivity contribution in [1.82, 2.24) is 14.9 Å². The third-order valence-electron chi connectivity index (χ3n) is 9.15. The Balaban J connectivity index is 1.17. The van der Waals surface area contributed by atoms with Crippen LogP contribution in [-0.2, 0) is 13.1 Å². The summed E-state index contributed by atoms with van der Waals surface area (Å²) >= 11 is 0. The third-order valence-corrected chi connectivity index (χ3v) is 9.15. The molecule has 11 nitrogen and oxygen atoms in total. The molecule has 3 N–H and O–H groups in total. The lowest BCUT2D eigenvalue weighted by atomic mass is 9.82. The SMILES string of the molecule is Cc1c(CNc2ncc([N+](=O)[O-])c(NCC3CCC(CO)CC3)n2)cccc1-c1ccccc1CN1C(=O)c2ccccc2C1=O. The maximum absolute atomic E-state index is 13.1. The largest absolute Gasteiger partial charge is 0.396 e. The Kier molecular flexibility index (Phi) is 9.02. The van der Waals surface area contributed by atoms with Gasteiger partial charge in [0.05, 0.1) is 22.6 Å². The normalized spacial score (nSPS) is 17.6. The minimum absolute atomic E-state index is 0.153. The van der Waals surface area contributed by atoms with Crippen molar-refractivity contribution in [2.45, 2.75) is 45.7 Å². The van der Waals surface area contributed by atoms with Crippen molar-refractivity contribution in [2.24, 2.45) is 11.8 Å². The fourth-order valence-corrected chi connectivity index (χ4v) is 6.40. The van der Waals surface area contributed by atoms with Gasteiger partial charge in [-0.15, -0.1) is 0 Å². The monoisotopic (exact) mass is 620 g/mol. The lowest BCUT2D eigenvalue weighted by Gasteiger charge is -2.27. The highest BCUT2D eigenvalue weighted by atomic mass is 16.6. The number of nitrogens with zero attached hydrogens (tertiary/aromatic N) is 4. The molecule has 2 amide bonds. The summed E-state index contributed by atoms with van der Waals surface area (Å²) in [7, 11) is 0. The number of hydrogen-bond donors (Lipinski definition) is 3. The molecule has 1 aromatic heterocycles. The van der Waals surface area contributed by atoms with Gasteiger partial charge >= 0.3 is 5.69 Å². The van der Waals surface area contributed by atoms with E-state index < -0.39 is 4.92 Å². The van der Waals surface area contributed by atoms with E-state index in [2.05, 4.69) is 20.6 Å². The van der Waals surface area contributed by atoms with Gasteiger partial charge in [-0.05, 0) is 84.4 Å². The van der Waals surface area contributed by atoms with Crippen LogP contribution in [0.2, 0.25) is 0 Å². The molecule has 4 aromatic rings. The first-order valence-corrected chi connectivity index (χ1v) is 15.6. The summed E-state index contributed by atoms with van der Waals surface area (Å²) in [5.41, 5.74) is 5.39. The van der Waals surface area contributed by atoms with Crippen molar-refractivity contribution < 1.29 is 19.6 Å². The summed E-state index contributed by atoms with van der Waals surface area (Å²) in [6.07, 6.45) is 5.04. The number of fused-ring (bicyclic) bond motifs is 1. The van der Waals surface area contributed by atoms with Crippen molar-refractivity contribution in [3.8, 4) is 11.1 Å². The molecule has 6 rings (SSSR count). The molecule has 3 aromatic carbocycles. The van der Waals surface area contributed by atoms with Crippen LogP contribution < -0.4 is 10.6 Å². The number of carbonyl (C=O) groups excluding carboxylic acids is 2. The zero-order chi connectivity index (χ0) is 32.2. The molecule has 1 fully saturated rings. The molecule has 1 aliphatic heterocycles. The maximum atomic E-state index is 13.1. The van der Waals surface area contributed by atoms with Crippen LogP contribution in [0.3, 0.4) is 0 Å². The summed E-state index contributed by atoms with van der Waals surface area (Å²) in [4.78, 5) is 47.3. The standard InChI is InChI=1S/C35H36N6O5/c1-22-25(18-37-35-38-19-31(41(45)46)32(39-35)36-17-23-13-15-24(21-42)16-14-23)8-6-12-27(22)28-9-3-2-7-26(28)20-40-33(43)29-10-4-5-11-30(29)34(40)44/h2-12,19,23-24,42H,13-18,20-21H2,1H3,(H2,36,37,38,39). The summed E-state index contributed by atoms with van der Waals surface area (Å²) in [5, 5.41) is 27.5. The van der Waals surface area contributed by atoms with Crippen molar-refractivity contribution in [2.75, 3.05) is 23.8 Å². The molecule has 46 heavy (non-hydrogen) atoms. The molecule has 0 spiro atoms. The first-order chi connectivity index (χ1) is 22.3. The van der Waals surface area contributed by atoms with E-state index in [-0.39, 0.29) is 42.4 Å². The molecule has 2 aliphatic rings. The van der Waals surface area contributed by atoms with Crippen molar-refractivity contribution in [3.05, 3.63) is 111 Å². The highest BCUT2D eigenvalue weighted by Gasteiger charge is 2.35. The molecule has 0 radical (unpaired) electrons. The van der Waals surface area contributed by atoms with Crippen molar-refractivity contribution >= 4 is 29.3 Å². The highest BCUT2D eigenvalue weighted by molar-refractivity contribution is 6.21. The van der Waals surface area contributed by atoms with Gasteiger partial charge in [-0.25, -0.2) is 4.98 Å². The Morgan fingerprint density at radius 3 is 2.13 bits per heavy atom. The zero-order valence-corrected chi connectivity index (χ0v) is 25.6. The molecule has 1 aliphatic carbocycles. The number of amides is 2. The molecule has 1 saturated carbocycles. The molecule has 236 valence electrons. The first-order valence-electron chi connectivity index (χ1n) is 15.6. The van der Waals surface area contributed by atoms with E-state index in [1.807, 2.05) is 49.4 Å². The van der Waals surface area contributed by atoms with Gasteiger partial charge in [-0.1, -0.05) is 54.6 Å². The van der Waals surface area contributed by atoms with Gasteiger partial charge in [0.25, 0.3) is 11.8 Å². The second-order valence-electron chi connectivity index (χ2n) is 12.0. The summed E-state index contributed by atoms with van der Waals surface area (Å²) in [5.74, 6) is 0.561. The smallest absolute Gasteiger partial charge is 0.329 e. The average molecular weight is 621 g/mol. The van der Waals surface area contributed by atoms with Gasteiger partial charge in [-0.2, -0.15) is 4.98 Å². The van der Waals surface area contributed by atoms with Gasteiger partial charge in [0.1, 0.15) is 6.20 Å². The number of hydrogen-bond acceptors (Lipinski definition) is 9. The highest BCUT2D eigenvalue weighted by Crippen LogP contribution is 2.33. The van der Waals surface area contributed by atoms with Gasteiger partial charge < -0.3 is 15.7 Å². The van der Waals surface area contributed by atoms with E-state index in [9.17, 15) is 24.8 Å². The summed E-state index contributed by atoms with van der Waals surface area (Å²) < 4.78 is 0. The van der Waals surface area contributed by atoms with Gasteiger partial charge in [0, 0.05) is 19.7 Å². The van der Waals surface area contributed by atoms with Gasteiger partial charge in [0.2, 0.25) is 11.8 Å². The Morgan fingerprint density at radius 1 is 0.848 bits per heavy atom. The Morgan fingerprint density at radius 2 is 1.46 bits per heavy atom. The molecule has 0 bridgehead atoms. The van der Waals surface area contributed by atoms with Crippen LogP contribution in [-0.4, -0.2) is 49.9 Å². The number of aliphatic hydroxyl groups excluding tert-OH is 1. The number of nitro groups is 1. The lowest BCUT2D eigenvalue weighted by molar-refractivity contribution is -0.384. The summed E-state index contributed by atoms with van der Waals surface area (Å²) in [6.45, 7) is 3.32. The topological polar surface area (TPSA) is 151 Å². The van der Waals surface area contributed by atoms with Crippen molar-refractivity contribution in [1.29, 1.82) is 0 Å². The molecule has 2 heterocycles. The fraction of sp³-hybridized carbons (Fsp3) is 0.314. The Labute approximate surface area is 266 Å².